The maximum atomic E-state index is 11.9. The number of thioether (sulfide) groups is 1. The van der Waals surface area contributed by atoms with Gasteiger partial charge in [0.2, 0.25) is 5.91 Å². The monoisotopic (exact) mass is 295 g/mol. The molecule has 5 heteroatoms. The number of nitrogens with zero attached hydrogens (tertiary/aromatic N) is 1. The molecule has 1 unspecified atom stereocenters. The van der Waals surface area contributed by atoms with Gasteiger partial charge < -0.3 is 11.1 Å². The average Bonchev–Trinajstić information content (AvgIpc) is 2.38. The van der Waals surface area contributed by atoms with Gasteiger partial charge >= 0.3 is 0 Å². The predicted molar refractivity (Wildman–Crippen MR) is 86.9 cm³/mol. The minimum Gasteiger partial charge on any atom is -0.323 e. The number of hydrogen-bond donors (Lipinski definition) is 2. The van der Waals surface area contributed by atoms with Gasteiger partial charge in [0.15, 0.2) is 0 Å². The Morgan fingerprint density at radius 3 is 2.80 bits per heavy atom. The third-order valence-electron chi connectivity index (χ3n) is 2.84. The van der Waals surface area contributed by atoms with Crippen LogP contribution in [0.5, 0.6) is 0 Å². The van der Waals surface area contributed by atoms with Crippen LogP contribution in [0, 0.1) is 5.41 Å². The summed E-state index contributed by atoms with van der Waals surface area (Å²) >= 11 is 1.86. The zero-order valence-corrected chi connectivity index (χ0v) is 13.4. The van der Waals surface area contributed by atoms with Crippen molar-refractivity contribution in [2.75, 3.05) is 16.8 Å². The fourth-order valence-corrected chi connectivity index (χ4v) is 2.87. The van der Waals surface area contributed by atoms with Crippen LogP contribution in [0.1, 0.15) is 33.6 Å². The first-order chi connectivity index (χ1) is 9.38. The van der Waals surface area contributed by atoms with Crippen LogP contribution in [0.4, 0.5) is 5.69 Å². The molecule has 1 heterocycles. The summed E-state index contributed by atoms with van der Waals surface area (Å²) in [7, 11) is 0. The molecule has 3 N–H and O–H groups in total. The highest BCUT2D eigenvalue weighted by Gasteiger charge is 2.14. The Morgan fingerprint density at radius 1 is 1.45 bits per heavy atom. The van der Waals surface area contributed by atoms with E-state index in [1.54, 1.807) is 24.5 Å². The molecule has 0 radical (unpaired) electrons. The van der Waals surface area contributed by atoms with E-state index in [2.05, 4.69) is 31.1 Å². The van der Waals surface area contributed by atoms with E-state index >= 15 is 0 Å². The number of anilines is 1. The van der Waals surface area contributed by atoms with Crippen LogP contribution in [-0.2, 0) is 4.79 Å². The van der Waals surface area contributed by atoms with Gasteiger partial charge in [-0.3, -0.25) is 9.78 Å². The lowest BCUT2D eigenvalue weighted by Crippen LogP contribution is -2.36. The molecule has 0 spiro atoms. The van der Waals surface area contributed by atoms with Crippen LogP contribution in [0.25, 0.3) is 0 Å². The number of rotatable bonds is 7. The molecule has 1 rings (SSSR count). The first kappa shape index (κ1) is 17.0. The molecule has 1 aromatic rings. The van der Waals surface area contributed by atoms with E-state index in [0.717, 1.165) is 11.5 Å². The Kier molecular flexibility index (Phi) is 7.02. The highest BCUT2D eigenvalue weighted by Crippen LogP contribution is 2.21. The number of nitrogens with one attached hydrogen (secondary N) is 1. The SMILES string of the molecule is CC(C)(C)CCSCCC(N)C(=O)Nc1cccnc1. The Morgan fingerprint density at radius 2 is 2.20 bits per heavy atom. The van der Waals surface area contributed by atoms with Crippen molar-refractivity contribution in [2.24, 2.45) is 11.1 Å². The summed E-state index contributed by atoms with van der Waals surface area (Å²) < 4.78 is 0. The molecule has 1 aromatic heterocycles. The highest BCUT2D eigenvalue weighted by molar-refractivity contribution is 7.99. The van der Waals surface area contributed by atoms with Crippen molar-refractivity contribution in [3.8, 4) is 0 Å². The van der Waals surface area contributed by atoms with Gasteiger partial charge in [-0.25, -0.2) is 0 Å². The second-order valence-corrected chi connectivity index (χ2v) is 7.27. The lowest BCUT2D eigenvalue weighted by molar-refractivity contribution is -0.117. The van der Waals surface area contributed by atoms with Crippen molar-refractivity contribution in [3.63, 3.8) is 0 Å². The van der Waals surface area contributed by atoms with Crippen LogP contribution in [0.2, 0.25) is 0 Å². The number of pyridine rings is 1. The summed E-state index contributed by atoms with van der Waals surface area (Å²) in [5.74, 6) is 1.88. The Labute approximate surface area is 125 Å². The second kappa shape index (κ2) is 8.27. The van der Waals surface area contributed by atoms with Gasteiger partial charge in [0.1, 0.15) is 0 Å². The Bertz CT molecular complexity index is 403. The number of nitrogens with two attached hydrogens (primary N) is 1. The molecule has 0 aliphatic carbocycles. The normalized spacial score (nSPS) is 13.0. The Balaban J connectivity index is 2.19. The molecular weight excluding hydrogens is 270 g/mol. The van der Waals surface area contributed by atoms with E-state index < -0.39 is 6.04 Å². The first-order valence-electron chi connectivity index (χ1n) is 6.93. The van der Waals surface area contributed by atoms with Crippen LogP contribution >= 0.6 is 11.8 Å². The van der Waals surface area contributed by atoms with Crippen molar-refractivity contribution in [3.05, 3.63) is 24.5 Å². The fraction of sp³-hybridized carbons (Fsp3) is 0.600. The minimum atomic E-state index is -0.461. The fourth-order valence-electron chi connectivity index (χ4n) is 1.49. The van der Waals surface area contributed by atoms with Crippen molar-refractivity contribution >= 4 is 23.4 Å². The molecular formula is C15H25N3OS. The maximum absolute atomic E-state index is 11.9. The zero-order valence-electron chi connectivity index (χ0n) is 12.6. The number of amides is 1. The molecule has 1 amide bonds. The minimum absolute atomic E-state index is 0.144. The smallest absolute Gasteiger partial charge is 0.241 e. The molecule has 0 saturated carbocycles. The van der Waals surface area contributed by atoms with Crippen LogP contribution < -0.4 is 11.1 Å². The van der Waals surface area contributed by atoms with Crippen molar-refractivity contribution in [2.45, 2.75) is 39.7 Å². The molecule has 0 bridgehead atoms. The van der Waals surface area contributed by atoms with E-state index in [1.807, 2.05) is 11.8 Å². The van der Waals surface area contributed by atoms with Crippen molar-refractivity contribution in [1.29, 1.82) is 0 Å². The largest absolute Gasteiger partial charge is 0.323 e. The average molecular weight is 295 g/mol. The van der Waals surface area contributed by atoms with Gasteiger partial charge in [-0.2, -0.15) is 11.8 Å². The number of carbonyl (C=O) groups is 1. The highest BCUT2D eigenvalue weighted by atomic mass is 32.2. The summed E-state index contributed by atoms with van der Waals surface area (Å²) in [5.41, 5.74) is 6.94. The molecule has 0 aliphatic rings. The Hall–Kier alpha value is -1.07. The maximum Gasteiger partial charge on any atom is 0.241 e. The molecule has 0 fully saturated rings. The summed E-state index contributed by atoms with van der Waals surface area (Å²) in [4.78, 5) is 15.8. The van der Waals surface area contributed by atoms with Crippen LogP contribution in [-0.4, -0.2) is 28.4 Å². The zero-order chi connectivity index (χ0) is 15.0. The number of aromatic nitrogens is 1. The first-order valence-corrected chi connectivity index (χ1v) is 8.08. The summed E-state index contributed by atoms with van der Waals surface area (Å²) in [5, 5.41) is 2.77. The summed E-state index contributed by atoms with van der Waals surface area (Å²) in [6.07, 6.45) is 5.15. The topological polar surface area (TPSA) is 68.0 Å². The van der Waals surface area contributed by atoms with E-state index in [9.17, 15) is 4.79 Å². The van der Waals surface area contributed by atoms with E-state index in [1.165, 1.54) is 6.42 Å². The molecule has 0 aliphatic heterocycles. The molecule has 112 valence electrons. The van der Waals surface area contributed by atoms with Gasteiger partial charge in [-0.05, 0) is 41.9 Å². The lowest BCUT2D eigenvalue weighted by atomic mass is 9.94. The number of carbonyl (C=O) groups excluding carboxylic acids is 1. The van der Waals surface area contributed by atoms with E-state index in [-0.39, 0.29) is 5.91 Å². The van der Waals surface area contributed by atoms with Crippen LogP contribution in [0.3, 0.4) is 0 Å². The lowest BCUT2D eigenvalue weighted by Gasteiger charge is -2.17. The van der Waals surface area contributed by atoms with Gasteiger partial charge in [0, 0.05) is 6.20 Å². The molecule has 4 nitrogen and oxygen atoms in total. The quantitative estimate of drug-likeness (QED) is 0.759. The van der Waals surface area contributed by atoms with Crippen molar-refractivity contribution < 1.29 is 4.79 Å². The summed E-state index contributed by atoms with van der Waals surface area (Å²) in [6, 6.07) is 3.12. The van der Waals surface area contributed by atoms with E-state index in [4.69, 9.17) is 5.73 Å². The number of hydrogen-bond acceptors (Lipinski definition) is 4. The predicted octanol–water partition coefficient (Wildman–Crippen LogP) is 2.91. The molecule has 1 atom stereocenters. The van der Waals surface area contributed by atoms with E-state index in [0.29, 0.717) is 17.5 Å². The third kappa shape index (κ3) is 7.50. The molecule has 0 aromatic carbocycles. The van der Waals surface area contributed by atoms with Gasteiger partial charge in [-0.15, -0.1) is 0 Å². The standard InChI is InChI=1S/C15H25N3OS/c1-15(2,3)7-10-20-9-6-13(16)14(19)18-12-5-4-8-17-11-12/h4-5,8,11,13H,6-7,9-10,16H2,1-3H3,(H,18,19). The van der Waals surface area contributed by atoms with Gasteiger partial charge in [0.25, 0.3) is 0 Å². The summed E-state index contributed by atoms with van der Waals surface area (Å²) in [6.45, 7) is 6.71. The van der Waals surface area contributed by atoms with Gasteiger partial charge in [-0.1, -0.05) is 20.8 Å². The van der Waals surface area contributed by atoms with Crippen LogP contribution in [0.15, 0.2) is 24.5 Å². The third-order valence-corrected chi connectivity index (χ3v) is 3.85. The second-order valence-electron chi connectivity index (χ2n) is 6.05. The van der Waals surface area contributed by atoms with Gasteiger partial charge in [0.05, 0.1) is 17.9 Å². The molecule has 0 saturated heterocycles. The molecule has 20 heavy (non-hydrogen) atoms. The van der Waals surface area contributed by atoms with Crippen molar-refractivity contribution in [1.82, 2.24) is 4.98 Å².